The minimum Gasteiger partial charge on any atom is -0.496 e. The van der Waals surface area contributed by atoms with E-state index in [0.29, 0.717) is 13.0 Å². The third-order valence-electron chi connectivity index (χ3n) is 2.26. The van der Waals surface area contributed by atoms with E-state index in [9.17, 15) is 4.79 Å². The Morgan fingerprint density at radius 1 is 1.47 bits per heavy atom. The van der Waals surface area contributed by atoms with Gasteiger partial charge in [0.1, 0.15) is 5.75 Å². The maximum absolute atomic E-state index is 10.6. The van der Waals surface area contributed by atoms with Crippen molar-refractivity contribution < 1.29 is 9.53 Å². The molecule has 3 heteroatoms. The Balaban J connectivity index is 2.57. The molecule has 90 valence electrons. The zero-order valence-corrected chi connectivity index (χ0v) is 10.5. The summed E-state index contributed by atoms with van der Waals surface area (Å²) in [5.41, 5.74) is 2.02. The second-order valence-electron chi connectivity index (χ2n) is 3.72. The summed E-state index contributed by atoms with van der Waals surface area (Å²) in [6, 6.07) is 5.86. The number of benzene rings is 1. The first kappa shape index (κ1) is 13.1. The zero-order chi connectivity index (χ0) is 12.7. The zero-order valence-electron chi connectivity index (χ0n) is 10.5. The predicted octanol–water partition coefficient (Wildman–Crippen LogP) is 1.88. The summed E-state index contributed by atoms with van der Waals surface area (Å²) in [5, 5.41) is 2.70. The lowest BCUT2D eigenvalue weighted by molar-refractivity contribution is -0.118. The highest BCUT2D eigenvalue weighted by molar-refractivity contribution is 5.72. The van der Waals surface area contributed by atoms with Crippen molar-refractivity contribution >= 4 is 5.91 Å². The van der Waals surface area contributed by atoms with Crippen molar-refractivity contribution in [3.8, 4) is 17.6 Å². The van der Waals surface area contributed by atoms with Gasteiger partial charge in [0, 0.05) is 25.5 Å². The van der Waals surface area contributed by atoms with E-state index in [1.54, 1.807) is 7.11 Å². The Morgan fingerprint density at radius 3 is 2.88 bits per heavy atom. The molecule has 1 amide bonds. The summed E-state index contributed by atoms with van der Waals surface area (Å²) in [6.45, 7) is 4.08. The van der Waals surface area contributed by atoms with Crippen LogP contribution in [0.5, 0.6) is 5.75 Å². The van der Waals surface area contributed by atoms with Crippen molar-refractivity contribution in [3.05, 3.63) is 29.3 Å². The summed E-state index contributed by atoms with van der Waals surface area (Å²) in [5.74, 6) is 6.87. The van der Waals surface area contributed by atoms with E-state index in [4.69, 9.17) is 4.74 Å². The molecule has 1 rings (SSSR count). The largest absolute Gasteiger partial charge is 0.496 e. The first-order valence-electron chi connectivity index (χ1n) is 5.51. The van der Waals surface area contributed by atoms with E-state index >= 15 is 0 Å². The lowest BCUT2D eigenvalue weighted by atomic mass is 10.1. The normalized spacial score (nSPS) is 9.12. The predicted molar refractivity (Wildman–Crippen MR) is 67.9 cm³/mol. The summed E-state index contributed by atoms with van der Waals surface area (Å²) in [6.07, 6.45) is 0.649. The number of hydrogen-bond acceptors (Lipinski definition) is 2. The Hall–Kier alpha value is -1.95. The monoisotopic (exact) mass is 231 g/mol. The topological polar surface area (TPSA) is 38.3 Å². The van der Waals surface area contributed by atoms with Crippen molar-refractivity contribution in [1.29, 1.82) is 0 Å². The maximum Gasteiger partial charge on any atom is 0.216 e. The van der Waals surface area contributed by atoms with E-state index in [2.05, 4.69) is 17.2 Å². The van der Waals surface area contributed by atoms with Gasteiger partial charge in [0.05, 0.1) is 7.11 Å². The Labute approximate surface area is 102 Å². The average molecular weight is 231 g/mol. The van der Waals surface area contributed by atoms with Crippen LogP contribution in [0.25, 0.3) is 0 Å². The van der Waals surface area contributed by atoms with Gasteiger partial charge in [0.2, 0.25) is 5.91 Å². The lowest BCUT2D eigenvalue weighted by Gasteiger charge is -2.03. The molecule has 1 N–H and O–H groups in total. The molecule has 1 aromatic rings. The van der Waals surface area contributed by atoms with Crippen molar-refractivity contribution in [2.24, 2.45) is 0 Å². The van der Waals surface area contributed by atoms with Gasteiger partial charge in [0.15, 0.2) is 0 Å². The third kappa shape index (κ3) is 4.60. The number of carbonyl (C=O) groups excluding carboxylic acids is 1. The standard InChI is InChI=1S/C14H17NO2/c1-11-7-8-13(10-14(11)17-3)6-4-5-9-15-12(2)16/h7-8,10H,5,9H2,1-3H3,(H,15,16). The van der Waals surface area contributed by atoms with Gasteiger partial charge in [-0.15, -0.1) is 0 Å². The number of carbonyl (C=O) groups is 1. The third-order valence-corrected chi connectivity index (χ3v) is 2.26. The van der Waals surface area contributed by atoms with Gasteiger partial charge in [-0.3, -0.25) is 4.79 Å². The number of hydrogen-bond donors (Lipinski definition) is 1. The van der Waals surface area contributed by atoms with Crippen LogP contribution in [0.3, 0.4) is 0 Å². The number of aryl methyl sites for hydroxylation is 1. The molecule has 17 heavy (non-hydrogen) atoms. The number of amides is 1. The minimum atomic E-state index is -0.0243. The molecule has 0 aromatic heterocycles. The molecule has 0 bridgehead atoms. The number of nitrogens with one attached hydrogen (secondary N) is 1. The molecule has 0 heterocycles. The summed E-state index contributed by atoms with van der Waals surface area (Å²) >= 11 is 0. The summed E-state index contributed by atoms with van der Waals surface area (Å²) in [4.78, 5) is 10.6. The van der Waals surface area contributed by atoms with Crippen LogP contribution >= 0.6 is 0 Å². The average Bonchev–Trinajstić information content (AvgIpc) is 2.30. The SMILES string of the molecule is COc1cc(C#CCCNC(C)=O)ccc1C. The van der Waals surface area contributed by atoms with Gasteiger partial charge in [0.25, 0.3) is 0 Å². The highest BCUT2D eigenvalue weighted by atomic mass is 16.5. The highest BCUT2D eigenvalue weighted by Gasteiger charge is 1.97. The molecule has 0 atom stereocenters. The first-order valence-corrected chi connectivity index (χ1v) is 5.51. The molecule has 0 aliphatic heterocycles. The van der Waals surface area contributed by atoms with Crippen LogP contribution in [0.2, 0.25) is 0 Å². The molecule has 0 radical (unpaired) electrons. The van der Waals surface area contributed by atoms with Crippen molar-refractivity contribution in [2.75, 3.05) is 13.7 Å². The quantitative estimate of drug-likeness (QED) is 0.637. The second-order valence-corrected chi connectivity index (χ2v) is 3.72. The number of ether oxygens (including phenoxy) is 1. The van der Waals surface area contributed by atoms with Gasteiger partial charge < -0.3 is 10.1 Å². The van der Waals surface area contributed by atoms with Crippen LogP contribution in [0, 0.1) is 18.8 Å². The molecular weight excluding hydrogens is 214 g/mol. The van der Waals surface area contributed by atoms with Crippen LogP contribution in [0.1, 0.15) is 24.5 Å². The van der Waals surface area contributed by atoms with E-state index < -0.39 is 0 Å². The van der Waals surface area contributed by atoms with E-state index in [0.717, 1.165) is 16.9 Å². The molecule has 0 spiro atoms. The molecule has 0 aliphatic carbocycles. The molecule has 0 saturated carbocycles. The highest BCUT2D eigenvalue weighted by Crippen LogP contribution is 2.18. The molecule has 0 saturated heterocycles. The van der Waals surface area contributed by atoms with Gasteiger partial charge in [-0.2, -0.15) is 0 Å². The fraction of sp³-hybridized carbons (Fsp3) is 0.357. The van der Waals surface area contributed by atoms with Gasteiger partial charge in [-0.25, -0.2) is 0 Å². The molecule has 0 unspecified atom stereocenters. The second kappa shape index (κ2) is 6.59. The van der Waals surface area contributed by atoms with E-state index in [-0.39, 0.29) is 5.91 Å². The molecule has 0 aliphatic rings. The fourth-order valence-corrected chi connectivity index (χ4v) is 1.36. The first-order chi connectivity index (χ1) is 8.13. The van der Waals surface area contributed by atoms with E-state index in [1.807, 2.05) is 25.1 Å². The molecule has 3 nitrogen and oxygen atoms in total. The summed E-state index contributed by atoms with van der Waals surface area (Å²) in [7, 11) is 1.65. The maximum atomic E-state index is 10.6. The molecular formula is C14H17NO2. The smallest absolute Gasteiger partial charge is 0.216 e. The van der Waals surface area contributed by atoms with Gasteiger partial charge >= 0.3 is 0 Å². The Kier molecular flexibility index (Phi) is 5.09. The fourth-order valence-electron chi connectivity index (χ4n) is 1.36. The minimum absolute atomic E-state index is 0.0243. The van der Waals surface area contributed by atoms with Gasteiger partial charge in [-0.1, -0.05) is 17.9 Å². The molecule has 1 aromatic carbocycles. The van der Waals surface area contributed by atoms with E-state index in [1.165, 1.54) is 6.92 Å². The lowest BCUT2D eigenvalue weighted by Crippen LogP contribution is -2.20. The van der Waals surface area contributed by atoms with Gasteiger partial charge in [-0.05, 0) is 24.6 Å². The Bertz CT molecular complexity index is 455. The van der Waals surface area contributed by atoms with Crippen LogP contribution in [-0.2, 0) is 4.79 Å². The van der Waals surface area contributed by atoms with Crippen molar-refractivity contribution in [2.45, 2.75) is 20.3 Å². The summed E-state index contributed by atoms with van der Waals surface area (Å²) < 4.78 is 5.22. The van der Waals surface area contributed by atoms with Crippen LogP contribution in [0.15, 0.2) is 18.2 Å². The Morgan fingerprint density at radius 2 is 2.24 bits per heavy atom. The van der Waals surface area contributed by atoms with Crippen LogP contribution < -0.4 is 10.1 Å². The number of rotatable bonds is 3. The van der Waals surface area contributed by atoms with Crippen molar-refractivity contribution in [1.82, 2.24) is 5.32 Å². The number of methoxy groups -OCH3 is 1. The van der Waals surface area contributed by atoms with Crippen molar-refractivity contribution in [3.63, 3.8) is 0 Å². The van der Waals surface area contributed by atoms with Crippen LogP contribution in [0.4, 0.5) is 0 Å². The molecule has 0 fully saturated rings. The van der Waals surface area contributed by atoms with Crippen LogP contribution in [-0.4, -0.2) is 19.6 Å².